The van der Waals surface area contributed by atoms with Crippen molar-refractivity contribution in [1.29, 1.82) is 0 Å². The van der Waals surface area contributed by atoms with Crippen LogP contribution in [0.15, 0.2) is 48.5 Å². The van der Waals surface area contributed by atoms with Gasteiger partial charge in [0.15, 0.2) is 0 Å². The van der Waals surface area contributed by atoms with Gasteiger partial charge in [-0.1, -0.05) is 12.1 Å². The predicted molar refractivity (Wildman–Crippen MR) is 119 cm³/mol. The number of amides is 3. The zero-order chi connectivity index (χ0) is 21.7. The molecule has 3 amide bonds. The molecule has 0 aliphatic heterocycles. The molecule has 0 fully saturated rings. The number of primary amides is 1. The van der Waals surface area contributed by atoms with E-state index in [-0.39, 0.29) is 11.9 Å². The van der Waals surface area contributed by atoms with Crippen molar-refractivity contribution in [3.63, 3.8) is 0 Å². The third-order valence-electron chi connectivity index (χ3n) is 4.44. The third kappa shape index (κ3) is 5.15. The zero-order valence-corrected chi connectivity index (χ0v) is 17.9. The van der Waals surface area contributed by atoms with Crippen molar-refractivity contribution in [2.24, 2.45) is 5.73 Å². The van der Waals surface area contributed by atoms with Gasteiger partial charge < -0.3 is 21.1 Å². The van der Waals surface area contributed by atoms with Crippen LogP contribution < -0.4 is 21.1 Å². The molecule has 2 aromatic carbocycles. The Morgan fingerprint density at radius 3 is 2.40 bits per heavy atom. The van der Waals surface area contributed by atoms with Crippen LogP contribution >= 0.6 is 11.3 Å². The van der Waals surface area contributed by atoms with E-state index < -0.39 is 6.03 Å². The number of nitrogens with two attached hydrogens (primary N) is 1. The summed E-state index contributed by atoms with van der Waals surface area (Å²) in [6, 6.07) is 14.0. The van der Waals surface area contributed by atoms with Crippen molar-refractivity contribution < 1.29 is 14.3 Å². The Bertz CT molecular complexity index is 1030. The molecule has 0 spiro atoms. The number of hydrogen-bond donors (Lipinski definition) is 3. The van der Waals surface area contributed by atoms with Gasteiger partial charge in [-0.2, -0.15) is 0 Å². The molecule has 0 saturated heterocycles. The number of aromatic nitrogens is 1. The maximum atomic E-state index is 12.8. The van der Waals surface area contributed by atoms with Gasteiger partial charge in [0, 0.05) is 11.3 Å². The minimum Gasteiger partial charge on any atom is -0.494 e. The van der Waals surface area contributed by atoms with Crippen LogP contribution in [0.5, 0.6) is 5.75 Å². The zero-order valence-electron chi connectivity index (χ0n) is 17.1. The summed E-state index contributed by atoms with van der Waals surface area (Å²) in [6.07, 6.45) is 0. The van der Waals surface area contributed by atoms with Gasteiger partial charge in [-0.05, 0) is 62.7 Å². The molecule has 0 bridgehead atoms. The molecule has 1 aromatic heterocycles. The molecule has 1 atom stereocenters. The summed E-state index contributed by atoms with van der Waals surface area (Å²) in [5, 5.41) is 6.30. The largest absolute Gasteiger partial charge is 0.494 e. The lowest BCUT2D eigenvalue weighted by Crippen LogP contribution is -2.26. The van der Waals surface area contributed by atoms with E-state index in [1.54, 1.807) is 12.1 Å². The van der Waals surface area contributed by atoms with Crippen LogP contribution in [0.2, 0.25) is 0 Å². The molecule has 1 heterocycles. The third-order valence-corrected chi connectivity index (χ3v) is 5.65. The first kappa shape index (κ1) is 21.3. The Morgan fingerprint density at radius 1 is 1.13 bits per heavy atom. The average molecular weight is 425 g/mol. The molecule has 4 N–H and O–H groups in total. The van der Waals surface area contributed by atoms with Crippen molar-refractivity contribution in [3.8, 4) is 16.3 Å². The SMILES string of the molecule is CCOc1ccc(-c2nc(C)c(C(=O)NC(C)c3ccc(NC(N)=O)cc3)s2)cc1. The molecule has 8 heteroatoms. The summed E-state index contributed by atoms with van der Waals surface area (Å²) in [5.41, 5.74) is 8.25. The molecule has 0 aliphatic rings. The highest BCUT2D eigenvalue weighted by Crippen LogP contribution is 2.29. The molecule has 1 unspecified atom stereocenters. The number of hydrogen-bond acceptors (Lipinski definition) is 5. The van der Waals surface area contributed by atoms with Crippen LogP contribution in [0.3, 0.4) is 0 Å². The number of carbonyl (C=O) groups excluding carboxylic acids is 2. The van der Waals surface area contributed by atoms with E-state index in [2.05, 4.69) is 15.6 Å². The number of carbonyl (C=O) groups is 2. The predicted octanol–water partition coefficient (Wildman–Crippen LogP) is 4.50. The van der Waals surface area contributed by atoms with Gasteiger partial charge in [0.1, 0.15) is 15.6 Å². The Labute approximate surface area is 179 Å². The molecule has 7 nitrogen and oxygen atoms in total. The fraction of sp³-hybridized carbons (Fsp3) is 0.227. The van der Waals surface area contributed by atoms with Gasteiger partial charge in [-0.15, -0.1) is 11.3 Å². The van der Waals surface area contributed by atoms with E-state index >= 15 is 0 Å². The van der Waals surface area contributed by atoms with Crippen LogP contribution in [0, 0.1) is 6.92 Å². The molecule has 0 radical (unpaired) electrons. The number of ether oxygens (including phenoxy) is 1. The van der Waals surface area contributed by atoms with Crippen LogP contribution in [-0.2, 0) is 0 Å². The summed E-state index contributed by atoms with van der Waals surface area (Å²) in [4.78, 5) is 28.9. The Kier molecular flexibility index (Phi) is 6.68. The second-order valence-corrected chi connectivity index (χ2v) is 7.70. The summed E-state index contributed by atoms with van der Waals surface area (Å²) in [5.74, 6) is 0.632. The van der Waals surface area contributed by atoms with Gasteiger partial charge in [-0.3, -0.25) is 4.79 Å². The van der Waals surface area contributed by atoms with Gasteiger partial charge in [-0.25, -0.2) is 9.78 Å². The van der Waals surface area contributed by atoms with Gasteiger partial charge in [0.25, 0.3) is 5.91 Å². The highest BCUT2D eigenvalue weighted by molar-refractivity contribution is 7.17. The average Bonchev–Trinajstić information content (AvgIpc) is 3.10. The molecule has 0 aliphatic carbocycles. The highest BCUT2D eigenvalue weighted by Gasteiger charge is 2.18. The monoisotopic (exact) mass is 424 g/mol. The van der Waals surface area contributed by atoms with Gasteiger partial charge in [0.05, 0.1) is 18.3 Å². The molecular formula is C22H24N4O3S. The number of nitrogens with zero attached hydrogens (tertiary/aromatic N) is 1. The van der Waals surface area contributed by atoms with Crippen molar-refractivity contribution >= 4 is 29.0 Å². The molecule has 3 rings (SSSR count). The maximum Gasteiger partial charge on any atom is 0.316 e. The number of aryl methyl sites for hydroxylation is 1. The first-order chi connectivity index (χ1) is 14.4. The van der Waals surface area contributed by atoms with E-state index in [1.165, 1.54) is 11.3 Å². The van der Waals surface area contributed by atoms with Crippen molar-refractivity contribution in [2.75, 3.05) is 11.9 Å². The molecule has 0 saturated carbocycles. The normalized spacial score (nSPS) is 11.6. The second-order valence-electron chi connectivity index (χ2n) is 6.70. The van der Waals surface area contributed by atoms with Gasteiger partial charge >= 0.3 is 6.03 Å². The number of thiazole rings is 1. The number of nitrogens with one attached hydrogen (secondary N) is 2. The minimum atomic E-state index is -0.617. The van der Waals surface area contributed by atoms with Gasteiger partial charge in [0.2, 0.25) is 0 Å². The van der Waals surface area contributed by atoms with Crippen LogP contribution in [0.25, 0.3) is 10.6 Å². The smallest absolute Gasteiger partial charge is 0.316 e. The van der Waals surface area contributed by atoms with Crippen molar-refractivity contribution in [1.82, 2.24) is 10.3 Å². The van der Waals surface area contributed by atoms with Crippen LogP contribution in [0.1, 0.15) is 40.8 Å². The van der Waals surface area contributed by atoms with E-state index in [1.807, 2.05) is 57.2 Å². The number of rotatable bonds is 7. The van der Waals surface area contributed by atoms with Crippen LogP contribution in [-0.4, -0.2) is 23.5 Å². The lowest BCUT2D eigenvalue weighted by atomic mass is 10.1. The first-order valence-corrected chi connectivity index (χ1v) is 10.4. The fourth-order valence-electron chi connectivity index (χ4n) is 2.93. The summed E-state index contributed by atoms with van der Waals surface area (Å²) in [7, 11) is 0. The van der Waals surface area contributed by atoms with Crippen LogP contribution in [0.4, 0.5) is 10.5 Å². The summed E-state index contributed by atoms with van der Waals surface area (Å²) >= 11 is 1.36. The quantitative estimate of drug-likeness (QED) is 0.519. The lowest BCUT2D eigenvalue weighted by molar-refractivity contribution is 0.0943. The topological polar surface area (TPSA) is 106 Å². The number of urea groups is 1. The maximum absolute atomic E-state index is 12.8. The fourth-order valence-corrected chi connectivity index (χ4v) is 3.91. The second kappa shape index (κ2) is 9.41. The highest BCUT2D eigenvalue weighted by atomic mass is 32.1. The first-order valence-electron chi connectivity index (χ1n) is 9.55. The minimum absolute atomic E-state index is 0.172. The van der Waals surface area contributed by atoms with Crippen molar-refractivity contribution in [3.05, 3.63) is 64.7 Å². The molecular weight excluding hydrogens is 400 g/mol. The van der Waals surface area contributed by atoms with E-state index in [4.69, 9.17) is 10.5 Å². The molecule has 30 heavy (non-hydrogen) atoms. The lowest BCUT2D eigenvalue weighted by Gasteiger charge is -2.14. The number of benzene rings is 2. The Morgan fingerprint density at radius 2 is 1.80 bits per heavy atom. The van der Waals surface area contributed by atoms with E-state index in [0.717, 1.165) is 21.9 Å². The molecule has 3 aromatic rings. The van der Waals surface area contributed by atoms with E-state index in [9.17, 15) is 9.59 Å². The Balaban J connectivity index is 1.70. The number of anilines is 1. The summed E-state index contributed by atoms with van der Waals surface area (Å²) < 4.78 is 5.47. The summed E-state index contributed by atoms with van der Waals surface area (Å²) in [6.45, 7) is 6.29. The van der Waals surface area contributed by atoms with E-state index in [0.29, 0.717) is 22.9 Å². The standard InChI is InChI=1S/C22H24N4O3S/c1-4-29-18-11-7-16(8-12-18)21-25-14(3)19(30-21)20(27)24-13(2)15-5-9-17(10-6-15)26-22(23)28/h5-13H,4H2,1-3H3,(H,24,27)(H3,23,26,28). The Hall–Kier alpha value is -3.39. The van der Waals surface area contributed by atoms with Crippen molar-refractivity contribution in [2.45, 2.75) is 26.8 Å². The molecule has 156 valence electrons.